The minimum Gasteiger partial charge on any atom is -0.389 e. The Morgan fingerprint density at radius 2 is 1.83 bits per heavy atom. The Hall–Kier alpha value is -1.62. The zero-order valence-electron chi connectivity index (χ0n) is 14.4. The smallest absolute Gasteiger partial charge is 0.225 e. The molecule has 1 heterocycles. The van der Waals surface area contributed by atoms with Gasteiger partial charge in [0.1, 0.15) is 5.82 Å². The summed E-state index contributed by atoms with van der Waals surface area (Å²) in [5, 5.41) is 10.4. The van der Waals surface area contributed by atoms with E-state index in [2.05, 4.69) is 4.90 Å². The highest BCUT2D eigenvalue weighted by Gasteiger charge is 2.36. The lowest BCUT2D eigenvalue weighted by molar-refractivity contribution is -0.137. The maximum absolute atomic E-state index is 13.0. The third-order valence-electron chi connectivity index (χ3n) is 5.61. The molecule has 1 aliphatic carbocycles. The van der Waals surface area contributed by atoms with Crippen LogP contribution in [-0.2, 0) is 4.79 Å². The molecular weight excluding hydrogens is 307 g/mol. The minimum atomic E-state index is -0.778. The standard InChI is InChI=1S/C19H27FN2O2/c1-21(18(23)14-19(24)10-2-3-11-19)16-8-12-22(13-9-16)17-6-4-15(20)5-7-17/h4-7,16,24H,2-3,8-14H2,1H3. The number of anilines is 1. The lowest BCUT2D eigenvalue weighted by atomic mass is 9.96. The van der Waals surface area contributed by atoms with Crippen molar-refractivity contribution in [3.05, 3.63) is 30.1 Å². The summed E-state index contributed by atoms with van der Waals surface area (Å²) in [6.07, 6.45) is 5.58. The maximum Gasteiger partial charge on any atom is 0.225 e. The van der Waals surface area contributed by atoms with Gasteiger partial charge in [-0.1, -0.05) is 12.8 Å². The number of rotatable bonds is 4. The van der Waals surface area contributed by atoms with E-state index in [9.17, 15) is 14.3 Å². The normalized spacial score (nSPS) is 21.0. The Morgan fingerprint density at radius 1 is 1.25 bits per heavy atom. The van der Waals surface area contributed by atoms with Crippen LogP contribution in [0, 0.1) is 5.82 Å². The van der Waals surface area contributed by atoms with Gasteiger partial charge in [-0.3, -0.25) is 4.79 Å². The van der Waals surface area contributed by atoms with E-state index >= 15 is 0 Å². The van der Waals surface area contributed by atoms with Crippen molar-refractivity contribution in [3.63, 3.8) is 0 Å². The Bertz CT molecular complexity index is 561. The number of carbonyl (C=O) groups excluding carboxylic acids is 1. The van der Waals surface area contributed by atoms with Gasteiger partial charge in [0.15, 0.2) is 0 Å². The zero-order valence-corrected chi connectivity index (χ0v) is 14.4. The topological polar surface area (TPSA) is 43.8 Å². The van der Waals surface area contributed by atoms with Crippen LogP contribution < -0.4 is 4.90 Å². The molecule has 5 heteroatoms. The summed E-state index contributed by atoms with van der Waals surface area (Å²) in [5.41, 5.74) is 0.254. The second-order valence-electron chi connectivity index (χ2n) is 7.31. The first kappa shape index (κ1) is 17.2. The Labute approximate surface area is 143 Å². The molecule has 0 spiro atoms. The van der Waals surface area contributed by atoms with Gasteiger partial charge in [-0.2, -0.15) is 0 Å². The van der Waals surface area contributed by atoms with Gasteiger partial charge >= 0.3 is 0 Å². The summed E-state index contributed by atoms with van der Waals surface area (Å²) in [6, 6.07) is 6.80. The minimum absolute atomic E-state index is 0.0552. The molecule has 0 aromatic heterocycles. The highest BCUT2D eigenvalue weighted by atomic mass is 19.1. The highest BCUT2D eigenvalue weighted by Crippen LogP contribution is 2.33. The molecule has 0 unspecified atom stereocenters. The number of carbonyl (C=O) groups is 1. The number of benzene rings is 1. The van der Waals surface area contributed by atoms with E-state index in [1.54, 1.807) is 12.1 Å². The maximum atomic E-state index is 13.0. The second-order valence-corrected chi connectivity index (χ2v) is 7.31. The Balaban J connectivity index is 1.52. The van der Waals surface area contributed by atoms with Gasteiger partial charge in [0.05, 0.1) is 12.0 Å². The molecule has 0 bridgehead atoms. The van der Waals surface area contributed by atoms with Crippen molar-refractivity contribution in [2.45, 2.75) is 56.6 Å². The first-order valence-electron chi connectivity index (χ1n) is 8.95. The number of piperidine rings is 1. The van der Waals surface area contributed by atoms with Crippen LogP contribution in [0.3, 0.4) is 0 Å². The molecule has 24 heavy (non-hydrogen) atoms. The highest BCUT2D eigenvalue weighted by molar-refractivity contribution is 5.77. The lowest BCUT2D eigenvalue weighted by Gasteiger charge is -2.38. The van der Waals surface area contributed by atoms with Crippen molar-refractivity contribution in [2.24, 2.45) is 0 Å². The molecule has 0 atom stereocenters. The predicted octanol–water partition coefficient (Wildman–Crippen LogP) is 2.95. The van der Waals surface area contributed by atoms with Crippen molar-refractivity contribution in [1.82, 2.24) is 4.90 Å². The van der Waals surface area contributed by atoms with E-state index in [4.69, 9.17) is 0 Å². The molecule has 1 aromatic rings. The van der Waals surface area contributed by atoms with Crippen LogP contribution in [0.5, 0.6) is 0 Å². The summed E-state index contributed by atoms with van der Waals surface area (Å²) in [6.45, 7) is 1.72. The first-order valence-corrected chi connectivity index (χ1v) is 8.95. The van der Waals surface area contributed by atoms with Gasteiger partial charge in [0, 0.05) is 31.9 Å². The number of hydrogen-bond acceptors (Lipinski definition) is 3. The van der Waals surface area contributed by atoms with E-state index in [0.29, 0.717) is 0 Å². The van der Waals surface area contributed by atoms with Gasteiger partial charge < -0.3 is 14.9 Å². The molecule has 1 aromatic carbocycles. The summed E-state index contributed by atoms with van der Waals surface area (Å²) < 4.78 is 13.0. The fourth-order valence-corrected chi connectivity index (χ4v) is 3.98. The van der Waals surface area contributed by atoms with Crippen molar-refractivity contribution in [1.29, 1.82) is 0 Å². The molecule has 4 nitrogen and oxygen atoms in total. The SMILES string of the molecule is CN(C(=O)CC1(O)CCCC1)C1CCN(c2ccc(F)cc2)CC1. The van der Waals surface area contributed by atoms with Crippen LogP contribution in [0.2, 0.25) is 0 Å². The van der Waals surface area contributed by atoms with Crippen molar-refractivity contribution >= 4 is 11.6 Å². The van der Waals surface area contributed by atoms with Gasteiger partial charge in [-0.15, -0.1) is 0 Å². The van der Waals surface area contributed by atoms with E-state index in [1.165, 1.54) is 12.1 Å². The second kappa shape index (κ2) is 7.09. The molecule has 1 amide bonds. The summed E-state index contributed by atoms with van der Waals surface area (Å²) >= 11 is 0. The molecule has 2 aliphatic rings. The fourth-order valence-electron chi connectivity index (χ4n) is 3.98. The molecule has 1 aliphatic heterocycles. The van der Waals surface area contributed by atoms with Crippen LogP contribution in [0.15, 0.2) is 24.3 Å². The molecule has 0 radical (unpaired) electrons. The number of hydrogen-bond donors (Lipinski definition) is 1. The molecule has 2 fully saturated rings. The van der Waals surface area contributed by atoms with Gasteiger partial charge in [-0.25, -0.2) is 4.39 Å². The van der Waals surface area contributed by atoms with Crippen molar-refractivity contribution in [2.75, 3.05) is 25.0 Å². The fraction of sp³-hybridized carbons (Fsp3) is 0.632. The van der Waals surface area contributed by atoms with E-state index in [-0.39, 0.29) is 24.2 Å². The molecular formula is C19H27FN2O2. The lowest BCUT2D eigenvalue weighted by Crippen LogP contribution is -2.47. The van der Waals surface area contributed by atoms with Crippen LogP contribution in [0.25, 0.3) is 0 Å². The molecule has 132 valence electrons. The monoisotopic (exact) mass is 334 g/mol. The van der Waals surface area contributed by atoms with Gasteiger partial charge in [0.25, 0.3) is 0 Å². The Kier molecular flexibility index (Phi) is 5.09. The van der Waals surface area contributed by atoms with E-state index in [1.807, 2.05) is 11.9 Å². The third-order valence-corrected chi connectivity index (χ3v) is 5.61. The third kappa shape index (κ3) is 3.89. The van der Waals surface area contributed by atoms with Crippen LogP contribution in [-0.4, -0.2) is 47.7 Å². The predicted molar refractivity (Wildman–Crippen MR) is 92.4 cm³/mol. The van der Waals surface area contributed by atoms with Crippen molar-refractivity contribution < 1.29 is 14.3 Å². The average Bonchev–Trinajstić information content (AvgIpc) is 3.01. The largest absolute Gasteiger partial charge is 0.389 e. The number of amides is 1. The van der Waals surface area contributed by atoms with E-state index < -0.39 is 5.60 Å². The van der Waals surface area contributed by atoms with Crippen LogP contribution >= 0.6 is 0 Å². The van der Waals surface area contributed by atoms with Crippen LogP contribution in [0.1, 0.15) is 44.9 Å². The average molecular weight is 334 g/mol. The number of aliphatic hydroxyl groups is 1. The van der Waals surface area contributed by atoms with Gasteiger partial charge in [-0.05, 0) is 49.9 Å². The van der Waals surface area contributed by atoms with Gasteiger partial charge in [0.2, 0.25) is 5.91 Å². The molecule has 1 saturated heterocycles. The summed E-state index contributed by atoms with van der Waals surface area (Å²) in [4.78, 5) is 16.6. The molecule has 1 N–H and O–H groups in total. The first-order chi connectivity index (χ1) is 11.5. The molecule has 1 saturated carbocycles. The Morgan fingerprint density at radius 3 is 2.42 bits per heavy atom. The number of nitrogens with zero attached hydrogens (tertiary/aromatic N) is 2. The zero-order chi connectivity index (χ0) is 17.2. The summed E-state index contributed by atoms with van der Waals surface area (Å²) in [7, 11) is 1.86. The number of halogens is 1. The van der Waals surface area contributed by atoms with E-state index in [0.717, 1.165) is 57.3 Å². The van der Waals surface area contributed by atoms with Crippen molar-refractivity contribution in [3.8, 4) is 0 Å². The quantitative estimate of drug-likeness (QED) is 0.921. The van der Waals surface area contributed by atoms with Crippen LogP contribution in [0.4, 0.5) is 10.1 Å². The molecule has 3 rings (SSSR count). The summed E-state index contributed by atoms with van der Waals surface area (Å²) in [5.74, 6) is -0.163.